The van der Waals surface area contributed by atoms with Crippen molar-refractivity contribution >= 4 is 12.1 Å². The topological polar surface area (TPSA) is 64.8 Å². The number of carbonyl (C=O) groups is 1. The van der Waals surface area contributed by atoms with Gasteiger partial charge in [-0.05, 0) is 72.6 Å². The number of nitrogens with one attached hydrogen (secondary N) is 1. The Morgan fingerprint density at radius 1 is 1.00 bits per heavy atom. The Bertz CT molecular complexity index is 1340. The van der Waals surface area contributed by atoms with Crippen LogP contribution in [0.5, 0.6) is 11.5 Å². The van der Waals surface area contributed by atoms with E-state index in [-0.39, 0.29) is 5.91 Å². The van der Waals surface area contributed by atoms with Gasteiger partial charge >= 0.3 is 0 Å². The van der Waals surface area contributed by atoms with Crippen LogP contribution in [0.25, 0.3) is 16.9 Å². The third kappa shape index (κ3) is 5.50. The summed E-state index contributed by atoms with van der Waals surface area (Å²) in [5.41, 5.74) is 8.18. The van der Waals surface area contributed by atoms with Crippen LogP contribution >= 0.6 is 0 Å². The molecule has 0 unspecified atom stereocenters. The highest BCUT2D eigenvalue weighted by atomic mass is 16.5. The van der Waals surface area contributed by atoms with Crippen molar-refractivity contribution in [3.8, 4) is 28.4 Å². The molecule has 1 heterocycles. The molecule has 0 aliphatic rings. The van der Waals surface area contributed by atoms with Gasteiger partial charge in [-0.3, -0.25) is 4.79 Å². The zero-order chi connectivity index (χ0) is 24.6. The first-order chi connectivity index (χ1) is 17.1. The molecule has 35 heavy (non-hydrogen) atoms. The van der Waals surface area contributed by atoms with Gasteiger partial charge in [0.15, 0.2) is 11.5 Å². The molecule has 1 amide bonds. The van der Waals surface area contributed by atoms with Gasteiger partial charge in [-0.25, -0.2) is 5.43 Å². The third-order valence-corrected chi connectivity index (χ3v) is 5.46. The van der Waals surface area contributed by atoms with E-state index in [1.54, 1.807) is 43.7 Å². The second-order valence-corrected chi connectivity index (χ2v) is 7.82. The Balaban J connectivity index is 1.45. The summed E-state index contributed by atoms with van der Waals surface area (Å²) in [6.07, 6.45) is 3.22. The molecule has 0 saturated heterocycles. The van der Waals surface area contributed by atoms with Crippen LogP contribution in [0.3, 0.4) is 0 Å². The molecule has 0 spiro atoms. The van der Waals surface area contributed by atoms with Crippen LogP contribution in [0, 0.1) is 6.92 Å². The lowest BCUT2D eigenvalue weighted by Crippen LogP contribution is -2.17. The first-order valence-corrected chi connectivity index (χ1v) is 11.2. The highest BCUT2D eigenvalue weighted by Gasteiger charge is 2.11. The van der Waals surface area contributed by atoms with Gasteiger partial charge in [-0.15, -0.1) is 0 Å². The molecule has 0 saturated carbocycles. The summed E-state index contributed by atoms with van der Waals surface area (Å²) in [6.45, 7) is 6.09. The summed E-state index contributed by atoms with van der Waals surface area (Å²) in [7, 11) is 1.57. The minimum Gasteiger partial charge on any atom is -0.493 e. The fourth-order valence-corrected chi connectivity index (χ4v) is 3.74. The molecule has 6 heteroatoms. The van der Waals surface area contributed by atoms with E-state index in [2.05, 4.69) is 52.9 Å². The Hall–Kier alpha value is -4.58. The lowest BCUT2D eigenvalue weighted by molar-refractivity contribution is 0.0955. The predicted molar refractivity (Wildman–Crippen MR) is 140 cm³/mol. The van der Waals surface area contributed by atoms with E-state index in [0.717, 1.165) is 28.2 Å². The van der Waals surface area contributed by atoms with Crippen molar-refractivity contribution in [2.24, 2.45) is 5.10 Å². The number of hydrazone groups is 1. The molecule has 6 nitrogen and oxygen atoms in total. The van der Waals surface area contributed by atoms with Gasteiger partial charge in [-0.1, -0.05) is 43.0 Å². The Morgan fingerprint density at radius 2 is 1.77 bits per heavy atom. The van der Waals surface area contributed by atoms with Crippen LogP contribution in [0.2, 0.25) is 0 Å². The Labute approximate surface area is 205 Å². The molecular formula is C29H27N3O3. The SMILES string of the molecule is C=CCOc1ccc(/C=N/NC(=O)c2ccc(-n3c(C)ccc3-c3ccccc3)cc2)cc1OC. The monoisotopic (exact) mass is 465 g/mol. The smallest absolute Gasteiger partial charge is 0.271 e. The number of rotatable bonds is 9. The standard InChI is InChI=1S/C29H27N3O3/c1-4-18-35-27-17-11-22(19-28(27)34-3)20-30-31-29(33)24-12-14-25(15-13-24)32-21(2)10-16-26(32)23-8-6-5-7-9-23/h4-17,19-20H,1,18H2,2-3H3,(H,31,33)/b30-20+. The maximum absolute atomic E-state index is 12.6. The molecule has 3 aromatic carbocycles. The minimum absolute atomic E-state index is 0.293. The van der Waals surface area contributed by atoms with Crippen molar-refractivity contribution in [1.82, 2.24) is 9.99 Å². The average Bonchev–Trinajstić information content (AvgIpc) is 3.29. The summed E-state index contributed by atoms with van der Waals surface area (Å²) in [5, 5.41) is 4.08. The average molecular weight is 466 g/mol. The number of benzene rings is 3. The molecule has 0 bridgehead atoms. The second-order valence-electron chi connectivity index (χ2n) is 7.82. The van der Waals surface area contributed by atoms with E-state index in [0.29, 0.717) is 23.7 Å². The molecule has 4 rings (SSSR count). The normalized spacial score (nSPS) is 10.8. The fraction of sp³-hybridized carbons (Fsp3) is 0.103. The third-order valence-electron chi connectivity index (χ3n) is 5.46. The number of methoxy groups -OCH3 is 1. The maximum Gasteiger partial charge on any atom is 0.271 e. The lowest BCUT2D eigenvalue weighted by atomic mass is 10.1. The maximum atomic E-state index is 12.6. The predicted octanol–water partition coefficient (Wildman–Crippen LogP) is 5.79. The lowest BCUT2D eigenvalue weighted by Gasteiger charge is -2.12. The number of ether oxygens (including phenoxy) is 2. The molecule has 1 N–H and O–H groups in total. The largest absolute Gasteiger partial charge is 0.493 e. The van der Waals surface area contributed by atoms with Crippen molar-refractivity contribution in [1.29, 1.82) is 0 Å². The van der Waals surface area contributed by atoms with Crippen LogP contribution in [0.4, 0.5) is 0 Å². The highest BCUT2D eigenvalue weighted by molar-refractivity contribution is 5.95. The number of carbonyl (C=O) groups excluding carboxylic acids is 1. The van der Waals surface area contributed by atoms with Crippen molar-refractivity contribution in [2.45, 2.75) is 6.92 Å². The van der Waals surface area contributed by atoms with Gasteiger partial charge in [0, 0.05) is 16.9 Å². The molecule has 0 aliphatic heterocycles. The van der Waals surface area contributed by atoms with Crippen molar-refractivity contribution < 1.29 is 14.3 Å². The molecule has 0 aliphatic carbocycles. The molecule has 1 aromatic heterocycles. The van der Waals surface area contributed by atoms with E-state index >= 15 is 0 Å². The molecule has 0 fully saturated rings. The van der Waals surface area contributed by atoms with Gasteiger partial charge in [0.25, 0.3) is 5.91 Å². The Kier molecular flexibility index (Phi) is 7.43. The molecular weight excluding hydrogens is 438 g/mol. The van der Waals surface area contributed by atoms with Gasteiger partial charge in [0.05, 0.1) is 19.0 Å². The molecule has 0 radical (unpaired) electrons. The number of amides is 1. The molecule has 0 atom stereocenters. The number of nitrogens with zero attached hydrogens (tertiary/aromatic N) is 2. The number of hydrogen-bond acceptors (Lipinski definition) is 4. The molecule has 4 aromatic rings. The van der Waals surface area contributed by atoms with Crippen LogP contribution < -0.4 is 14.9 Å². The Morgan fingerprint density at radius 3 is 2.49 bits per heavy atom. The molecule has 176 valence electrons. The number of aryl methyl sites for hydroxylation is 1. The van der Waals surface area contributed by atoms with Crippen LogP contribution in [0.1, 0.15) is 21.6 Å². The summed E-state index contributed by atoms with van der Waals surface area (Å²) < 4.78 is 13.1. The van der Waals surface area contributed by atoms with E-state index in [1.807, 2.05) is 36.4 Å². The number of aromatic nitrogens is 1. The fourth-order valence-electron chi connectivity index (χ4n) is 3.74. The second kappa shape index (κ2) is 11.0. The summed E-state index contributed by atoms with van der Waals surface area (Å²) in [6, 6.07) is 27.3. The minimum atomic E-state index is -0.293. The first kappa shape index (κ1) is 23.6. The van der Waals surface area contributed by atoms with Gasteiger partial charge in [0.1, 0.15) is 6.61 Å². The zero-order valence-electron chi connectivity index (χ0n) is 19.8. The summed E-state index contributed by atoms with van der Waals surface area (Å²) >= 11 is 0. The van der Waals surface area contributed by atoms with E-state index < -0.39 is 0 Å². The van der Waals surface area contributed by atoms with E-state index in [9.17, 15) is 4.79 Å². The van der Waals surface area contributed by atoms with Crippen LogP contribution in [0.15, 0.2) is 103 Å². The van der Waals surface area contributed by atoms with Crippen molar-refractivity contribution in [3.63, 3.8) is 0 Å². The van der Waals surface area contributed by atoms with Crippen LogP contribution in [-0.2, 0) is 0 Å². The van der Waals surface area contributed by atoms with Crippen molar-refractivity contribution in [2.75, 3.05) is 13.7 Å². The summed E-state index contributed by atoms with van der Waals surface area (Å²) in [4.78, 5) is 12.6. The van der Waals surface area contributed by atoms with Gasteiger partial charge in [0.2, 0.25) is 0 Å². The summed E-state index contributed by atoms with van der Waals surface area (Å²) in [5.74, 6) is 0.896. The van der Waals surface area contributed by atoms with Gasteiger partial charge in [-0.2, -0.15) is 5.10 Å². The quantitative estimate of drug-likeness (QED) is 0.193. The van der Waals surface area contributed by atoms with E-state index in [1.165, 1.54) is 0 Å². The van der Waals surface area contributed by atoms with Gasteiger partial charge < -0.3 is 14.0 Å². The first-order valence-electron chi connectivity index (χ1n) is 11.2. The van der Waals surface area contributed by atoms with E-state index in [4.69, 9.17) is 9.47 Å². The highest BCUT2D eigenvalue weighted by Crippen LogP contribution is 2.28. The number of hydrogen-bond donors (Lipinski definition) is 1. The van der Waals surface area contributed by atoms with Crippen molar-refractivity contribution in [3.05, 3.63) is 114 Å². The zero-order valence-corrected chi connectivity index (χ0v) is 19.8. The van der Waals surface area contributed by atoms with Crippen LogP contribution in [-0.4, -0.2) is 30.4 Å².